The monoisotopic (exact) mass is 243 g/mol. The van der Waals surface area contributed by atoms with E-state index >= 15 is 0 Å². The summed E-state index contributed by atoms with van der Waals surface area (Å²) in [6.45, 7) is 1.97. The van der Waals surface area contributed by atoms with Gasteiger partial charge in [-0.15, -0.1) is 0 Å². The molecule has 0 aromatic heterocycles. The molecule has 0 spiro atoms. The smallest absolute Gasteiger partial charge is 0.179 e. The van der Waals surface area contributed by atoms with Crippen LogP contribution in [0, 0.1) is 0 Å². The van der Waals surface area contributed by atoms with Crippen molar-refractivity contribution >= 4 is 9.84 Å². The summed E-state index contributed by atoms with van der Waals surface area (Å²) in [6.07, 6.45) is 1.95. The quantitative estimate of drug-likeness (QED) is 0.870. The molecule has 0 unspecified atom stereocenters. The highest BCUT2D eigenvalue weighted by Gasteiger charge is 2.15. The van der Waals surface area contributed by atoms with Gasteiger partial charge in [-0.1, -0.05) is 13.0 Å². The third kappa shape index (κ3) is 2.74. The van der Waals surface area contributed by atoms with Gasteiger partial charge in [0.1, 0.15) is 10.6 Å². The summed E-state index contributed by atoms with van der Waals surface area (Å²) >= 11 is 0. The number of ether oxygens (including phenoxy) is 1. The van der Waals surface area contributed by atoms with Gasteiger partial charge in [-0.2, -0.15) is 0 Å². The highest BCUT2D eigenvalue weighted by molar-refractivity contribution is 7.90. The van der Waals surface area contributed by atoms with Gasteiger partial charge in [-0.3, -0.25) is 0 Å². The molecule has 5 heteroatoms. The van der Waals surface area contributed by atoms with Crippen LogP contribution in [0.5, 0.6) is 5.75 Å². The van der Waals surface area contributed by atoms with Crippen molar-refractivity contribution < 1.29 is 13.2 Å². The van der Waals surface area contributed by atoms with Crippen molar-refractivity contribution in [1.29, 1.82) is 0 Å². The maximum Gasteiger partial charge on any atom is 0.179 e. The number of methoxy groups -OCH3 is 1. The van der Waals surface area contributed by atoms with Gasteiger partial charge in [-0.05, 0) is 24.1 Å². The number of nitrogens with two attached hydrogens (primary N) is 1. The molecule has 0 bridgehead atoms. The van der Waals surface area contributed by atoms with Gasteiger partial charge in [0.15, 0.2) is 9.84 Å². The summed E-state index contributed by atoms with van der Waals surface area (Å²) in [5.74, 6) is 0.351. The van der Waals surface area contributed by atoms with Crippen LogP contribution in [0.1, 0.15) is 24.9 Å². The maximum atomic E-state index is 11.5. The van der Waals surface area contributed by atoms with E-state index in [2.05, 4.69) is 0 Å². The predicted octanol–water partition coefficient (Wildman–Crippen LogP) is 1.51. The van der Waals surface area contributed by atoms with Crippen molar-refractivity contribution in [3.05, 3.63) is 23.8 Å². The van der Waals surface area contributed by atoms with Crippen LogP contribution in [0.25, 0.3) is 0 Å². The normalized spacial score (nSPS) is 13.5. The van der Waals surface area contributed by atoms with E-state index < -0.39 is 9.84 Å². The minimum Gasteiger partial charge on any atom is -0.495 e. The SMILES string of the molecule is CC[C@H](N)c1ccc(S(C)(=O)=O)c(OC)c1. The first-order chi connectivity index (χ1) is 7.40. The molecule has 0 saturated heterocycles. The van der Waals surface area contributed by atoms with Gasteiger partial charge >= 0.3 is 0 Å². The first-order valence-electron chi connectivity index (χ1n) is 5.03. The zero-order valence-corrected chi connectivity index (χ0v) is 10.5. The number of sulfone groups is 1. The molecule has 0 radical (unpaired) electrons. The molecule has 0 aliphatic carbocycles. The summed E-state index contributed by atoms with van der Waals surface area (Å²) in [4.78, 5) is 0.196. The third-order valence-corrected chi connectivity index (χ3v) is 3.59. The number of benzene rings is 1. The van der Waals surface area contributed by atoms with Crippen molar-refractivity contribution in [1.82, 2.24) is 0 Å². The number of hydrogen-bond donors (Lipinski definition) is 1. The maximum absolute atomic E-state index is 11.5. The molecule has 1 aromatic rings. The van der Waals surface area contributed by atoms with Crippen molar-refractivity contribution in [2.24, 2.45) is 5.73 Å². The van der Waals surface area contributed by atoms with Crippen molar-refractivity contribution in [2.45, 2.75) is 24.3 Å². The lowest BCUT2D eigenvalue weighted by atomic mass is 10.1. The standard InChI is InChI=1S/C11H17NO3S/c1-4-9(12)8-5-6-11(16(3,13)14)10(7-8)15-2/h5-7,9H,4,12H2,1-3H3/t9-/m0/s1. The average molecular weight is 243 g/mol. The van der Waals surface area contributed by atoms with Crippen LogP contribution < -0.4 is 10.5 Å². The highest BCUT2D eigenvalue weighted by atomic mass is 32.2. The fourth-order valence-corrected chi connectivity index (χ4v) is 2.28. The third-order valence-electron chi connectivity index (χ3n) is 2.46. The van der Waals surface area contributed by atoms with Crippen LogP contribution in [-0.4, -0.2) is 21.8 Å². The average Bonchev–Trinajstić information content (AvgIpc) is 2.25. The van der Waals surface area contributed by atoms with Crippen LogP contribution in [0.15, 0.2) is 23.1 Å². The molecule has 0 saturated carbocycles. The fourth-order valence-electron chi connectivity index (χ4n) is 1.46. The van der Waals surface area contributed by atoms with E-state index in [0.717, 1.165) is 18.2 Å². The molecule has 16 heavy (non-hydrogen) atoms. The lowest BCUT2D eigenvalue weighted by Gasteiger charge is -2.13. The molecular formula is C11H17NO3S. The summed E-state index contributed by atoms with van der Waals surface area (Å²) < 4.78 is 28.0. The summed E-state index contributed by atoms with van der Waals surface area (Å²) in [6, 6.07) is 4.86. The van der Waals surface area contributed by atoms with E-state index in [-0.39, 0.29) is 10.9 Å². The van der Waals surface area contributed by atoms with Crippen molar-refractivity contribution in [3.63, 3.8) is 0 Å². The number of rotatable bonds is 4. The molecule has 0 heterocycles. The predicted molar refractivity (Wildman–Crippen MR) is 63.3 cm³/mol. The van der Waals surface area contributed by atoms with Gasteiger partial charge < -0.3 is 10.5 Å². The molecule has 1 atom stereocenters. The van der Waals surface area contributed by atoms with E-state index in [1.165, 1.54) is 7.11 Å². The first-order valence-corrected chi connectivity index (χ1v) is 6.92. The lowest BCUT2D eigenvalue weighted by Crippen LogP contribution is -2.10. The Hall–Kier alpha value is -1.07. The van der Waals surface area contributed by atoms with Crippen LogP contribution in [0.2, 0.25) is 0 Å². The van der Waals surface area contributed by atoms with E-state index in [0.29, 0.717) is 5.75 Å². The minimum atomic E-state index is -3.26. The Morgan fingerprint density at radius 2 is 2.06 bits per heavy atom. The molecule has 0 aliphatic heterocycles. The molecule has 90 valence electrons. The second kappa shape index (κ2) is 4.84. The lowest BCUT2D eigenvalue weighted by molar-refractivity contribution is 0.401. The van der Waals surface area contributed by atoms with Crippen LogP contribution in [-0.2, 0) is 9.84 Å². The van der Waals surface area contributed by atoms with Gasteiger partial charge in [0.2, 0.25) is 0 Å². The molecule has 4 nitrogen and oxygen atoms in total. The Bertz CT molecular complexity index is 468. The van der Waals surface area contributed by atoms with Crippen LogP contribution >= 0.6 is 0 Å². The second-order valence-corrected chi connectivity index (χ2v) is 5.68. The minimum absolute atomic E-state index is 0.0949. The Morgan fingerprint density at radius 3 is 2.50 bits per heavy atom. The number of hydrogen-bond acceptors (Lipinski definition) is 4. The fraction of sp³-hybridized carbons (Fsp3) is 0.455. The molecule has 1 rings (SSSR count). The summed E-state index contributed by atoms with van der Waals surface area (Å²) in [5, 5.41) is 0. The Balaban J connectivity index is 3.28. The first kappa shape index (κ1) is 13.0. The molecule has 0 aliphatic rings. The van der Waals surface area contributed by atoms with E-state index in [9.17, 15) is 8.42 Å². The largest absolute Gasteiger partial charge is 0.495 e. The van der Waals surface area contributed by atoms with Gasteiger partial charge in [0.25, 0.3) is 0 Å². The zero-order valence-electron chi connectivity index (χ0n) is 9.73. The van der Waals surface area contributed by atoms with E-state index in [4.69, 9.17) is 10.5 Å². The van der Waals surface area contributed by atoms with Crippen molar-refractivity contribution in [3.8, 4) is 5.75 Å². The summed E-state index contributed by atoms with van der Waals surface area (Å²) in [7, 11) is -1.81. The second-order valence-electron chi connectivity index (χ2n) is 3.70. The summed E-state index contributed by atoms with van der Waals surface area (Å²) in [5.41, 5.74) is 6.75. The molecular weight excluding hydrogens is 226 g/mol. The molecule has 2 N–H and O–H groups in total. The van der Waals surface area contributed by atoms with E-state index in [1.807, 2.05) is 6.92 Å². The Labute approximate surface area is 96.3 Å². The Morgan fingerprint density at radius 1 is 1.44 bits per heavy atom. The van der Waals surface area contributed by atoms with E-state index in [1.54, 1.807) is 18.2 Å². The highest BCUT2D eigenvalue weighted by Crippen LogP contribution is 2.27. The molecule has 0 amide bonds. The van der Waals surface area contributed by atoms with Crippen molar-refractivity contribution in [2.75, 3.05) is 13.4 Å². The van der Waals surface area contributed by atoms with Crippen LogP contribution in [0.3, 0.4) is 0 Å². The molecule has 1 aromatic carbocycles. The molecule has 0 fully saturated rings. The van der Waals surface area contributed by atoms with Gasteiger partial charge in [0.05, 0.1) is 7.11 Å². The van der Waals surface area contributed by atoms with Gasteiger partial charge in [-0.25, -0.2) is 8.42 Å². The van der Waals surface area contributed by atoms with Crippen LogP contribution in [0.4, 0.5) is 0 Å². The van der Waals surface area contributed by atoms with Gasteiger partial charge in [0, 0.05) is 12.3 Å². The zero-order chi connectivity index (χ0) is 12.3. The Kier molecular flexibility index (Phi) is 3.93. The topological polar surface area (TPSA) is 69.4 Å².